The van der Waals surface area contributed by atoms with Gasteiger partial charge < -0.3 is 15.5 Å². The number of benzene rings is 2. The fraction of sp³-hybridized carbons (Fsp3) is 0.174. The maximum absolute atomic E-state index is 13.4. The summed E-state index contributed by atoms with van der Waals surface area (Å²) in [4.78, 5) is 28.9. The molecule has 1 fully saturated rings. The van der Waals surface area contributed by atoms with Crippen molar-refractivity contribution in [2.45, 2.75) is 12.5 Å². The number of pyridine rings is 1. The number of imidazole rings is 1. The van der Waals surface area contributed by atoms with Gasteiger partial charge in [0.05, 0.1) is 22.8 Å². The van der Waals surface area contributed by atoms with Gasteiger partial charge in [0.25, 0.3) is 0 Å². The molecule has 0 radical (unpaired) electrons. The van der Waals surface area contributed by atoms with Crippen LogP contribution in [0.3, 0.4) is 0 Å². The van der Waals surface area contributed by atoms with Crippen LogP contribution < -0.4 is 11.0 Å². The molecule has 5 rings (SSSR count). The summed E-state index contributed by atoms with van der Waals surface area (Å²) >= 11 is 0. The lowest BCUT2D eigenvalue weighted by molar-refractivity contribution is 0.0697. The molecule has 0 spiro atoms. The molecule has 9 heteroatoms. The number of aromatic carboxylic acids is 1. The standard InChI is InChI=1S/C23H20N4O4.ClH/c28-20-12-16(7-8-18(20)14-3-5-15(6-4-14)22(29)30)26-19-2-1-10-25-21(19)27(23(26)31)17-9-11-24-13-17;/h1-8,10,12,17,24,28H,9,11,13H2,(H,29,30);1H/t17-;/m0./s1. The molecule has 8 nitrogen and oxygen atoms in total. The second-order valence-electron chi connectivity index (χ2n) is 7.56. The van der Waals surface area contributed by atoms with Gasteiger partial charge in [0.2, 0.25) is 0 Å². The SMILES string of the molecule is Cl.O=C(O)c1ccc(-c2ccc(-n3c(=O)n([C@H]4CCNC4)c4ncccc43)cc2O)cc1. The number of carboxylic acid groups (broad SMARTS) is 1. The zero-order valence-corrected chi connectivity index (χ0v) is 17.7. The number of phenols is 1. The molecule has 2 aromatic carbocycles. The van der Waals surface area contributed by atoms with Crippen LogP contribution >= 0.6 is 12.4 Å². The summed E-state index contributed by atoms with van der Waals surface area (Å²) in [5.41, 5.74) is 3.05. The maximum atomic E-state index is 13.4. The Balaban J connectivity index is 0.00000245. The fourth-order valence-corrected chi connectivity index (χ4v) is 4.18. The predicted octanol–water partition coefficient (Wildman–Crippen LogP) is 3.21. The first kappa shape index (κ1) is 21.6. The van der Waals surface area contributed by atoms with E-state index in [1.54, 1.807) is 51.7 Å². The van der Waals surface area contributed by atoms with Crippen molar-refractivity contribution in [3.05, 3.63) is 76.8 Å². The van der Waals surface area contributed by atoms with Crippen LogP contribution in [-0.4, -0.2) is 43.4 Å². The van der Waals surface area contributed by atoms with Crippen molar-refractivity contribution in [1.29, 1.82) is 0 Å². The van der Waals surface area contributed by atoms with Gasteiger partial charge in [0.15, 0.2) is 5.65 Å². The number of phenolic OH excluding ortho intramolecular Hbond substituents is 1. The van der Waals surface area contributed by atoms with Crippen molar-refractivity contribution in [3.8, 4) is 22.6 Å². The van der Waals surface area contributed by atoms with E-state index in [1.165, 1.54) is 12.1 Å². The number of aromatic nitrogens is 3. The maximum Gasteiger partial charge on any atom is 0.335 e. The average Bonchev–Trinajstić information content (AvgIpc) is 3.39. The summed E-state index contributed by atoms with van der Waals surface area (Å²) in [6, 6.07) is 15.0. The molecule has 1 atom stereocenters. The Morgan fingerprint density at radius 1 is 1.12 bits per heavy atom. The Morgan fingerprint density at radius 3 is 2.56 bits per heavy atom. The normalized spacial score (nSPS) is 15.6. The molecule has 32 heavy (non-hydrogen) atoms. The summed E-state index contributed by atoms with van der Waals surface area (Å²) < 4.78 is 3.29. The van der Waals surface area contributed by atoms with Gasteiger partial charge in [-0.15, -0.1) is 12.4 Å². The monoisotopic (exact) mass is 452 g/mol. The lowest BCUT2D eigenvalue weighted by atomic mass is 10.0. The van der Waals surface area contributed by atoms with E-state index >= 15 is 0 Å². The number of hydrogen-bond acceptors (Lipinski definition) is 5. The smallest absolute Gasteiger partial charge is 0.335 e. The summed E-state index contributed by atoms with van der Waals surface area (Å²) in [5, 5.41) is 23.0. The molecule has 2 aromatic heterocycles. The largest absolute Gasteiger partial charge is 0.507 e. The second kappa shape index (κ2) is 8.49. The molecule has 1 saturated heterocycles. The van der Waals surface area contributed by atoms with Gasteiger partial charge in [-0.2, -0.15) is 0 Å². The van der Waals surface area contributed by atoms with Crippen LogP contribution in [0.25, 0.3) is 28.0 Å². The Hall–Kier alpha value is -3.62. The third kappa shape index (κ3) is 3.53. The van der Waals surface area contributed by atoms with Crippen LogP contribution in [-0.2, 0) is 0 Å². The number of fused-ring (bicyclic) bond motifs is 1. The van der Waals surface area contributed by atoms with Crippen LogP contribution in [0.15, 0.2) is 65.6 Å². The number of aromatic hydroxyl groups is 1. The molecule has 0 aliphatic carbocycles. The molecule has 1 aliphatic rings. The quantitative estimate of drug-likeness (QED) is 0.438. The minimum absolute atomic E-state index is 0. The first-order valence-corrected chi connectivity index (χ1v) is 10.0. The Bertz CT molecular complexity index is 1350. The topological polar surface area (TPSA) is 109 Å². The van der Waals surface area contributed by atoms with E-state index in [1.807, 2.05) is 6.07 Å². The lowest BCUT2D eigenvalue weighted by Gasteiger charge is -2.10. The van der Waals surface area contributed by atoms with Crippen molar-refractivity contribution < 1.29 is 15.0 Å². The highest BCUT2D eigenvalue weighted by atomic mass is 35.5. The Labute approximate surface area is 189 Å². The van der Waals surface area contributed by atoms with Gasteiger partial charge in [-0.3, -0.25) is 9.13 Å². The number of nitrogens with one attached hydrogen (secondary N) is 1. The third-order valence-corrected chi connectivity index (χ3v) is 5.71. The van der Waals surface area contributed by atoms with E-state index in [0.29, 0.717) is 34.5 Å². The first-order valence-electron chi connectivity index (χ1n) is 10.0. The molecule has 164 valence electrons. The van der Waals surface area contributed by atoms with E-state index < -0.39 is 5.97 Å². The molecule has 0 bridgehead atoms. The summed E-state index contributed by atoms with van der Waals surface area (Å²) in [6.45, 7) is 1.57. The van der Waals surface area contributed by atoms with Crippen molar-refractivity contribution in [1.82, 2.24) is 19.4 Å². The minimum Gasteiger partial charge on any atom is -0.507 e. The van der Waals surface area contributed by atoms with Crippen LogP contribution in [0.2, 0.25) is 0 Å². The van der Waals surface area contributed by atoms with Gasteiger partial charge in [-0.1, -0.05) is 12.1 Å². The first-order chi connectivity index (χ1) is 15.0. The molecule has 4 aromatic rings. The molecular formula is C23H21ClN4O4. The van der Waals surface area contributed by atoms with Gasteiger partial charge in [0.1, 0.15) is 5.75 Å². The highest BCUT2D eigenvalue weighted by molar-refractivity contribution is 5.88. The lowest BCUT2D eigenvalue weighted by Crippen LogP contribution is -2.28. The summed E-state index contributed by atoms with van der Waals surface area (Å²) in [7, 11) is 0. The number of carbonyl (C=O) groups is 1. The second-order valence-corrected chi connectivity index (χ2v) is 7.56. The van der Waals surface area contributed by atoms with Gasteiger partial charge in [-0.05, 0) is 54.9 Å². The Morgan fingerprint density at radius 2 is 1.91 bits per heavy atom. The number of rotatable bonds is 4. The van der Waals surface area contributed by atoms with Gasteiger partial charge in [0, 0.05) is 24.4 Å². The number of hydrogen-bond donors (Lipinski definition) is 3. The number of nitrogens with zero attached hydrogens (tertiary/aromatic N) is 3. The van der Waals surface area contributed by atoms with Crippen LogP contribution in [0.4, 0.5) is 0 Å². The zero-order chi connectivity index (χ0) is 21.5. The summed E-state index contributed by atoms with van der Waals surface area (Å²) in [5.74, 6) is -1.01. The van der Waals surface area contributed by atoms with E-state index in [2.05, 4.69) is 10.3 Å². The molecule has 1 aliphatic heterocycles. The van der Waals surface area contributed by atoms with Crippen molar-refractivity contribution in [3.63, 3.8) is 0 Å². The molecule has 0 saturated carbocycles. The number of halogens is 1. The van der Waals surface area contributed by atoms with Gasteiger partial charge >= 0.3 is 11.7 Å². The zero-order valence-electron chi connectivity index (χ0n) is 16.9. The van der Waals surface area contributed by atoms with Crippen molar-refractivity contribution in [2.75, 3.05) is 13.1 Å². The molecular weight excluding hydrogens is 432 g/mol. The fourth-order valence-electron chi connectivity index (χ4n) is 4.18. The van der Waals surface area contributed by atoms with Gasteiger partial charge in [-0.25, -0.2) is 14.6 Å². The third-order valence-electron chi connectivity index (χ3n) is 5.71. The van der Waals surface area contributed by atoms with Crippen LogP contribution in [0, 0.1) is 0 Å². The van der Waals surface area contributed by atoms with E-state index in [9.17, 15) is 14.7 Å². The molecule has 0 amide bonds. The van der Waals surface area contributed by atoms with Crippen LogP contribution in [0.5, 0.6) is 5.75 Å². The molecule has 3 N–H and O–H groups in total. The van der Waals surface area contributed by atoms with Crippen molar-refractivity contribution in [2.24, 2.45) is 0 Å². The highest BCUT2D eigenvalue weighted by Crippen LogP contribution is 2.32. The number of carboxylic acids is 1. The van der Waals surface area contributed by atoms with E-state index in [-0.39, 0.29) is 35.5 Å². The summed E-state index contributed by atoms with van der Waals surface area (Å²) in [6.07, 6.45) is 2.53. The Kier molecular flexibility index (Phi) is 5.73. The van der Waals surface area contributed by atoms with E-state index in [4.69, 9.17) is 5.11 Å². The predicted molar refractivity (Wildman–Crippen MR) is 123 cm³/mol. The average molecular weight is 453 g/mol. The van der Waals surface area contributed by atoms with Crippen LogP contribution in [0.1, 0.15) is 22.8 Å². The highest BCUT2D eigenvalue weighted by Gasteiger charge is 2.24. The van der Waals surface area contributed by atoms with Crippen molar-refractivity contribution >= 4 is 29.5 Å². The minimum atomic E-state index is -1.01. The molecule has 3 heterocycles. The molecule has 0 unspecified atom stereocenters. The van der Waals surface area contributed by atoms with E-state index in [0.717, 1.165) is 13.0 Å².